The Morgan fingerprint density at radius 3 is 2.75 bits per heavy atom. The zero-order chi connectivity index (χ0) is 13.9. The molecule has 0 radical (unpaired) electrons. The highest BCUT2D eigenvalue weighted by atomic mass is 35.5. The Bertz CT molecular complexity index is 610. The van der Waals surface area contributed by atoms with E-state index in [1.807, 2.05) is 24.3 Å². The molecule has 5 nitrogen and oxygen atoms in total. The van der Waals surface area contributed by atoms with E-state index < -0.39 is 0 Å². The Labute approximate surface area is 122 Å². The lowest BCUT2D eigenvalue weighted by Crippen LogP contribution is -2.21. The third-order valence-corrected chi connectivity index (χ3v) is 3.59. The van der Waals surface area contributed by atoms with Gasteiger partial charge in [-0.1, -0.05) is 17.7 Å². The van der Waals surface area contributed by atoms with Gasteiger partial charge in [0, 0.05) is 23.8 Å². The largest absolute Gasteiger partial charge is 0.393 e. The van der Waals surface area contributed by atoms with Gasteiger partial charge in [-0.3, -0.25) is 0 Å². The Morgan fingerprint density at radius 1 is 1.20 bits per heavy atom. The lowest BCUT2D eigenvalue weighted by Gasteiger charge is -2.19. The Morgan fingerprint density at radius 2 is 2.00 bits per heavy atom. The number of nitrogens with one attached hydrogen (secondary N) is 1. The average molecular weight is 290 g/mol. The van der Waals surface area contributed by atoms with E-state index in [1.54, 1.807) is 0 Å². The molecule has 1 aromatic carbocycles. The summed E-state index contributed by atoms with van der Waals surface area (Å²) < 4.78 is 0. The third kappa shape index (κ3) is 2.63. The molecule has 104 valence electrons. The summed E-state index contributed by atoms with van der Waals surface area (Å²) in [6.45, 7) is 2.00. The van der Waals surface area contributed by atoms with Crippen LogP contribution in [0.5, 0.6) is 0 Å². The number of rotatable bonds is 3. The summed E-state index contributed by atoms with van der Waals surface area (Å²) in [5, 5.41) is 3.86. The Hall–Kier alpha value is -2.01. The minimum Gasteiger partial charge on any atom is -0.393 e. The van der Waals surface area contributed by atoms with Crippen LogP contribution in [0, 0.1) is 0 Å². The SMILES string of the molecule is Nc1c(Nc2cccc(Cl)c2)ncnc1N1CCCC1. The second-order valence-corrected chi connectivity index (χ2v) is 5.23. The van der Waals surface area contributed by atoms with E-state index in [0.29, 0.717) is 16.5 Å². The third-order valence-electron chi connectivity index (χ3n) is 3.36. The number of benzene rings is 1. The second kappa shape index (κ2) is 5.54. The molecule has 1 aliphatic heterocycles. The summed E-state index contributed by atoms with van der Waals surface area (Å²) in [5.74, 6) is 1.42. The fourth-order valence-corrected chi connectivity index (χ4v) is 2.56. The van der Waals surface area contributed by atoms with E-state index in [9.17, 15) is 0 Å². The molecule has 1 fully saturated rings. The predicted octanol–water partition coefficient (Wildman–Crippen LogP) is 3.06. The maximum atomic E-state index is 6.19. The van der Waals surface area contributed by atoms with Crippen molar-refractivity contribution in [2.24, 2.45) is 0 Å². The lowest BCUT2D eigenvalue weighted by molar-refractivity contribution is 0.931. The maximum Gasteiger partial charge on any atom is 0.159 e. The highest BCUT2D eigenvalue weighted by Gasteiger charge is 2.18. The first-order valence-electron chi connectivity index (χ1n) is 6.62. The molecule has 0 atom stereocenters. The van der Waals surface area contributed by atoms with Crippen molar-refractivity contribution >= 4 is 34.6 Å². The molecule has 0 amide bonds. The zero-order valence-corrected chi connectivity index (χ0v) is 11.8. The number of anilines is 4. The minimum absolute atomic E-state index is 0.578. The second-order valence-electron chi connectivity index (χ2n) is 4.79. The summed E-state index contributed by atoms with van der Waals surface area (Å²) in [6.07, 6.45) is 3.90. The van der Waals surface area contributed by atoms with Crippen molar-refractivity contribution in [2.75, 3.05) is 29.0 Å². The first kappa shape index (κ1) is 13.0. The molecule has 0 bridgehead atoms. The van der Waals surface area contributed by atoms with E-state index >= 15 is 0 Å². The normalized spacial score (nSPS) is 14.6. The van der Waals surface area contributed by atoms with Gasteiger partial charge in [0.25, 0.3) is 0 Å². The van der Waals surface area contributed by atoms with E-state index in [0.717, 1.165) is 24.6 Å². The molecule has 1 saturated heterocycles. The van der Waals surface area contributed by atoms with Crippen molar-refractivity contribution in [2.45, 2.75) is 12.8 Å². The standard InChI is InChI=1S/C14H16ClN5/c15-10-4-3-5-11(8-10)19-13-12(16)14(18-9-17-13)20-6-1-2-7-20/h3-5,8-9H,1-2,6-7,16H2,(H,17,18,19). The summed E-state index contributed by atoms with van der Waals surface area (Å²) in [7, 11) is 0. The van der Waals surface area contributed by atoms with Crippen LogP contribution in [-0.2, 0) is 0 Å². The van der Waals surface area contributed by atoms with Gasteiger partial charge in [0.1, 0.15) is 12.0 Å². The molecule has 0 unspecified atom stereocenters. The molecule has 0 saturated carbocycles. The van der Waals surface area contributed by atoms with E-state index in [1.165, 1.54) is 19.2 Å². The van der Waals surface area contributed by atoms with Crippen LogP contribution < -0.4 is 16.0 Å². The van der Waals surface area contributed by atoms with Crippen molar-refractivity contribution in [1.29, 1.82) is 0 Å². The molecule has 3 rings (SSSR count). The predicted molar refractivity (Wildman–Crippen MR) is 82.6 cm³/mol. The van der Waals surface area contributed by atoms with Gasteiger partial charge in [-0.2, -0.15) is 0 Å². The number of halogens is 1. The van der Waals surface area contributed by atoms with Crippen LogP contribution >= 0.6 is 11.6 Å². The van der Waals surface area contributed by atoms with E-state index in [-0.39, 0.29) is 0 Å². The molecule has 1 aromatic heterocycles. The van der Waals surface area contributed by atoms with Gasteiger partial charge in [-0.05, 0) is 31.0 Å². The van der Waals surface area contributed by atoms with Crippen molar-refractivity contribution < 1.29 is 0 Å². The quantitative estimate of drug-likeness (QED) is 0.909. The van der Waals surface area contributed by atoms with Gasteiger partial charge in [0.2, 0.25) is 0 Å². The summed E-state index contributed by atoms with van der Waals surface area (Å²) in [4.78, 5) is 10.7. The zero-order valence-electron chi connectivity index (χ0n) is 11.0. The molecular formula is C14H16ClN5. The minimum atomic E-state index is 0.578. The van der Waals surface area contributed by atoms with Gasteiger partial charge in [0.15, 0.2) is 11.6 Å². The van der Waals surface area contributed by atoms with Crippen LogP contribution in [0.15, 0.2) is 30.6 Å². The van der Waals surface area contributed by atoms with Gasteiger partial charge in [0.05, 0.1) is 0 Å². The molecule has 2 aromatic rings. The molecule has 20 heavy (non-hydrogen) atoms. The molecule has 0 spiro atoms. The fraction of sp³-hybridized carbons (Fsp3) is 0.286. The van der Waals surface area contributed by atoms with Crippen LogP contribution in [0.3, 0.4) is 0 Å². The average Bonchev–Trinajstić information content (AvgIpc) is 2.95. The summed E-state index contributed by atoms with van der Waals surface area (Å²) in [6, 6.07) is 7.46. The van der Waals surface area contributed by atoms with E-state index in [2.05, 4.69) is 20.2 Å². The lowest BCUT2D eigenvalue weighted by atomic mass is 10.3. The molecule has 2 heterocycles. The number of hydrogen-bond donors (Lipinski definition) is 2. The summed E-state index contributed by atoms with van der Waals surface area (Å²) in [5.41, 5.74) is 7.62. The first-order valence-corrected chi connectivity index (χ1v) is 7.00. The highest BCUT2D eigenvalue weighted by molar-refractivity contribution is 6.30. The number of nitrogens with zero attached hydrogens (tertiary/aromatic N) is 3. The summed E-state index contributed by atoms with van der Waals surface area (Å²) >= 11 is 5.97. The molecule has 0 aliphatic carbocycles. The number of aromatic nitrogens is 2. The van der Waals surface area contributed by atoms with Gasteiger partial charge in [-0.15, -0.1) is 0 Å². The van der Waals surface area contributed by atoms with E-state index in [4.69, 9.17) is 17.3 Å². The maximum absolute atomic E-state index is 6.19. The van der Waals surface area contributed by atoms with Gasteiger partial charge >= 0.3 is 0 Å². The van der Waals surface area contributed by atoms with Crippen LogP contribution in [-0.4, -0.2) is 23.1 Å². The number of hydrogen-bond acceptors (Lipinski definition) is 5. The Kier molecular flexibility index (Phi) is 3.60. The van der Waals surface area contributed by atoms with Crippen LogP contribution in [0.25, 0.3) is 0 Å². The first-order chi connectivity index (χ1) is 9.74. The molecule has 3 N–H and O–H groups in total. The van der Waals surface area contributed by atoms with Gasteiger partial charge < -0.3 is 16.0 Å². The number of nitrogens with two attached hydrogens (primary N) is 1. The molecule has 1 aliphatic rings. The Balaban J connectivity index is 1.88. The van der Waals surface area contributed by atoms with Crippen LogP contribution in [0.2, 0.25) is 5.02 Å². The van der Waals surface area contributed by atoms with Crippen molar-refractivity contribution in [3.05, 3.63) is 35.6 Å². The topological polar surface area (TPSA) is 67.1 Å². The van der Waals surface area contributed by atoms with Gasteiger partial charge in [-0.25, -0.2) is 9.97 Å². The van der Waals surface area contributed by atoms with Crippen LogP contribution in [0.4, 0.5) is 23.0 Å². The van der Waals surface area contributed by atoms with Crippen LogP contribution in [0.1, 0.15) is 12.8 Å². The smallest absolute Gasteiger partial charge is 0.159 e. The van der Waals surface area contributed by atoms with Crippen molar-refractivity contribution in [3.63, 3.8) is 0 Å². The monoisotopic (exact) mass is 289 g/mol. The van der Waals surface area contributed by atoms with Crippen molar-refractivity contribution in [1.82, 2.24) is 9.97 Å². The highest BCUT2D eigenvalue weighted by Crippen LogP contribution is 2.30. The number of nitrogen functional groups attached to an aromatic ring is 1. The molecule has 6 heteroatoms. The fourth-order valence-electron chi connectivity index (χ4n) is 2.37. The van der Waals surface area contributed by atoms with Crippen molar-refractivity contribution in [3.8, 4) is 0 Å². The molecular weight excluding hydrogens is 274 g/mol.